The molecule has 27 heavy (non-hydrogen) atoms. The standard InChI is InChI=1S/C17H15BrF3IN2O3/c1-2-26-5-6-27-24-17(25)10-8-11(18)14(20)15(21)16(10)23-13-4-3-9(22)7-12(13)19/h3-4,7-8,23H,2,5-6H2,1H3,(H,24,25). The molecule has 0 unspecified atom stereocenters. The molecule has 10 heteroatoms. The lowest BCUT2D eigenvalue weighted by Gasteiger charge is -2.15. The smallest absolute Gasteiger partial charge is 0.277 e. The lowest BCUT2D eigenvalue weighted by Crippen LogP contribution is -2.27. The molecular weight excluding hydrogens is 544 g/mol. The summed E-state index contributed by atoms with van der Waals surface area (Å²) in [7, 11) is 0. The van der Waals surface area contributed by atoms with Crippen molar-refractivity contribution in [3.05, 3.63) is 55.3 Å². The van der Waals surface area contributed by atoms with E-state index in [4.69, 9.17) is 9.57 Å². The number of hydrogen-bond acceptors (Lipinski definition) is 4. The van der Waals surface area contributed by atoms with Crippen molar-refractivity contribution in [2.45, 2.75) is 6.92 Å². The van der Waals surface area contributed by atoms with Gasteiger partial charge in [0.05, 0.1) is 34.6 Å². The minimum absolute atomic E-state index is 0.0684. The van der Waals surface area contributed by atoms with Gasteiger partial charge in [-0.3, -0.25) is 9.63 Å². The van der Waals surface area contributed by atoms with Crippen LogP contribution in [0, 0.1) is 21.0 Å². The summed E-state index contributed by atoms with van der Waals surface area (Å²) >= 11 is 4.76. The predicted octanol–water partition coefficient (Wildman–Crippen LogP) is 4.91. The molecule has 0 saturated heterocycles. The van der Waals surface area contributed by atoms with Crippen molar-refractivity contribution in [2.24, 2.45) is 0 Å². The summed E-state index contributed by atoms with van der Waals surface area (Å²) in [5.41, 5.74) is 1.23. The van der Waals surface area contributed by atoms with Crippen molar-refractivity contribution in [1.82, 2.24) is 5.48 Å². The maximum absolute atomic E-state index is 14.4. The third-order valence-corrected chi connectivity index (χ3v) is 4.54. The molecule has 0 bridgehead atoms. The van der Waals surface area contributed by atoms with Gasteiger partial charge in [0.2, 0.25) is 0 Å². The molecule has 0 spiro atoms. The number of rotatable bonds is 8. The zero-order valence-electron chi connectivity index (χ0n) is 14.0. The molecule has 0 aliphatic heterocycles. The lowest BCUT2D eigenvalue weighted by molar-refractivity contribution is 0.00168. The van der Waals surface area contributed by atoms with Crippen molar-refractivity contribution in [3.8, 4) is 0 Å². The molecule has 2 aromatic rings. The number of hydrogen-bond donors (Lipinski definition) is 2. The van der Waals surface area contributed by atoms with Crippen LogP contribution in [-0.4, -0.2) is 25.7 Å². The molecule has 0 aromatic heterocycles. The van der Waals surface area contributed by atoms with Crippen LogP contribution < -0.4 is 10.8 Å². The topological polar surface area (TPSA) is 59.6 Å². The van der Waals surface area contributed by atoms with Gasteiger partial charge in [0.15, 0.2) is 11.6 Å². The minimum atomic E-state index is -1.33. The monoisotopic (exact) mass is 558 g/mol. The zero-order valence-corrected chi connectivity index (χ0v) is 17.8. The lowest BCUT2D eigenvalue weighted by atomic mass is 10.1. The summed E-state index contributed by atoms with van der Waals surface area (Å²) in [6.07, 6.45) is 0. The molecule has 0 fully saturated rings. The summed E-state index contributed by atoms with van der Waals surface area (Å²) in [5.74, 6) is -4.05. The number of halogens is 5. The second-order valence-electron chi connectivity index (χ2n) is 5.13. The highest BCUT2D eigenvalue weighted by Gasteiger charge is 2.23. The third kappa shape index (κ3) is 5.80. The number of carbonyl (C=O) groups is 1. The molecule has 5 nitrogen and oxygen atoms in total. The molecule has 0 saturated carbocycles. The Labute approximate surface area is 175 Å². The normalized spacial score (nSPS) is 10.7. The van der Waals surface area contributed by atoms with Crippen LogP contribution in [0.5, 0.6) is 0 Å². The number of nitrogens with one attached hydrogen (secondary N) is 2. The Morgan fingerprint density at radius 2 is 1.93 bits per heavy atom. The molecule has 0 aliphatic carbocycles. The second kappa shape index (κ2) is 10.2. The largest absolute Gasteiger partial charge is 0.379 e. The van der Waals surface area contributed by atoms with Crippen LogP contribution in [0.15, 0.2) is 28.7 Å². The fourth-order valence-corrected chi connectivity index (χ4v) is 2.89. The fourth-order valence-electron chi connectivity index (χ4n) is 2.04. The van der Waals surface area contributed by atoms with Crippen LogP contribution in [0.25, 0.3) is 0 Å². The Morgan fingerprint density at radius 3 is 2.59 bits per heavy atom. The highest BCUT2D eigenvalue weighted by molar-refractivity contribution is 14.1. The Hall–Kier alpha value is -1.37. The van der Waals surface area contributed by atoms with Gasteiger partial charge in [0.25, 0.3) is 5.91 Å². The van der Waals surface area contributed by atoms with Crippen LogP contribution in [0.4, 0.5) is 24.5 Å². The average molecular weight is 559 g/mol. The van der Waals surface area contributed by atoms with Gasteiger partial charge in [-0.15, -0.1) is 0 Å². The van der Waals surface area contributed by atoms with Crippen molar-refractivity contribution in [3.63, 3.8) is 0 Å². The molecular formula is C17H15BrF3IN2O3. The first-order valence-corrected chi connectivity index (χ1v) is 9.61. The quantitative estimate of drug-likeness (QED) is 0.209. The van der Waals surface area contributed by atoms with Crippen molar-refractivity contribution in [1.29, 1.82) is 0 Å². The van der Waals surface area contributed by atoms with E-state index in [1.54, 1.807) is 13.0 Å². The van der Waals surface area contributed by atoms with Crippen LogP contribution >= 0.6 is 38.5 Å². The number of hydroxylamine groups is 1. The van der Waals surface area contributed by atoms with Crippen LogP contribution in [0.3, 0.4) is 0 Å². The first-order valence-electron chi connectivity index (χ1n) is 7.74. The third-order valence-electron chi connectivity index (χ3n) is 3.30. The predicted molar refractivity (Wildman–Crippen MR) is 106 cm³/mol. The number of carbonyl (C=O) groups excluding carboxylic acids is 1. The van der Waals surface area contributed by atoms with E-state index >= 15 is 0 Å². The van der Waals surface area contributed by atoms with Crippen LogP contribution in [0.1, 0.15) is 17.3 Å². The summed E-state index contributed by atoms with van der Waals surface area (Å²) in [5, 5.41) is 2.44. The Balaban J connectivity index is 2.29. The summed E-state index contributed by atoms with van der Waals surface area (Å²) < 4.78 is 47.9. The van der Waals surface area contributed by atoms with Crippen LogP contribution in [-0.2, 0) is 9.57 Å². The molecule has 0 aliphatic rings. The van der Waals surface area contributed by atoms with Gasteiger partial charge < -0.3 is 10.1 Å². The highest BCUT2D eigenvalue weighted by Crippen LogP contribution is 2.32. The van der Waals surface area contributed by atoms with Gasteiger partial charge in [-0.05, 0) is 69.7 Å². The van der Waals surface area contributed by atoms with Gasteiger partial charge in [0, 0.05) is 10.2 Å². The number of anilines is 2. The zero-order chi connectivity index (χ0) is 20.0. The van der Waals surface area contributed by atoms with E-state index in [-0.39, 0.29) is 28.9 Å². The summed E-state index contributed by atoms with van der Waals surface area (Å²) in [6.45, 7) is 2.61. The minimum Gasteiger partial charge on any atom is -0.379 e. The Bertz CT molecular complexity index is 840. The average Bonchev–Trinajstić information content (AvgIpc) is 2.63. The van der Waals surface area contributed by atoms with E-state index < -0.39 is 29.0 Å². The fraction of sp³-hybridized carbons (Fsp3) is 0.235. The Kier molecular flexibility index (Phi) is 8.32. The van der Waals surface area contributed by atoms with Gasteiger partial charge in [-0.1, -0.05) is 0 Å². The highest BCUT2D eigenvalue weighted by atomic mass is 127. The van der Waals surface area contributed by atoms with Crippen molar-refractivity contribution < 1.29 is 27.5 Å². The summed E-state index contributed by atoms with van der Waals surface area (Å²) in [6, 6.07) is 5.23. The molecule has 2 aromatic carbocycles. The van der Waals surface area contributed by atoms with Crippen LogP contribution in [0.2, 0.25) is 0 Å². The number of benzene rings is 2. The molecule has 2 rings (SSSR count). The molecule has 0 radical (unpaired) electrons. The van der Waals surface area contributed by atoms with E-state index in [0.29, 0.717) is 10.2 Å². The number of amides is 1. The summed E-state index contributed by atoms with van der Waals surface area (Å²) in [4.78, 5) is 17.3. The molecule has 0 atom stereocenters. The molecule has 2 N–H and O–H groups in total. The van der Waals surface area contributed by atoms with E-state index in [2.05, 4.69) is 26.7 Å². The van der Waals surface area contributed by atoms with E-state index in [9.17, 15) is 18.0 Å². The van der Waals surface area contributed by atoms with Gasteiger partial charge in [-0.2, -0.15) is 0 Å². The molecule has 146 valence electrons. The SMILES string of the molecule is CCOCCONC(=O)c1cc(Br)c(F)c(F)c1Nc1ccc(I)cc1F. The van der Waals surface area contributed by atoms with Gasteiger partial charge in [-0.25, -0.2) is 18.7 Å². The van der Waals surface area contributed by atoms with Crippen molar-refractivity contribution >= 4 is 55.8 Å². The first-order chi connectivity index (χ1) is 12.8. The molecule has 0 heterocycles. The number of ether oxygens (including phenoxy) is 1. The van der Waals surface area contributed by atoms with E-state index in [1.807, 2.05) is 22.6 Å². The van der Waals surface area contributed by atoms with E-state index in [0.717, 1.165) is 6.07 Å². The maximum Gasteiger partial charge on any atom is 0.277 e. The van der Waals surface area contributed by atoms with Gasteiger partial charge in [0.1, 0.15) is 5.82 Å². The second-order valence-corrected chi connectivity index (χ2v) is 7.23. The first kappa shape index (κ1) is 21.9. The van der Waals surface area contributed by atoms with Crippen molar-refractivity contribution in [2.75, 3.05) is 25.1 Å². The van der Waals surface area contributed by atoms with E-state index in [1.165, 1.54) is 12.1 Å². The Morgan fingerprint density at radius 1 is 1.19 bits per heavy atom. The van der Waals surface area contributed by atoms with Gasteiger partial charge >= 0.3 is 0 Å². The maximum atomic E-state index is 14.4. The molecule has 1 amide bonds.